The van der Waals surface area contributed by atoms with Crippen LogP contribution in [0, 0.1) is 5.82 Å². The Kier molecular flexibility index (Phi) is 5.78. The zero-order valence-corrected chi connectivity index (χ0v) is 16.6. The third-order valence-corrected chi connectivity index (χ3v) is 7.30. The quantitative estimate of drug-likeness (QED) is 0.786. The molecule has 0 aliphatic carbocycles. The Morgan fingerprint density at radius 3 is 2.74 bits per heavy atom. The summed E-state index contributed by atoms with van der Waals surface area (Å²) in [6.45, 7) is 3.74. The highest BCUT2D eigenvalue weighted by Crippen LogP contribution is 2.30. The van der Waals surface area contributed by atoms with Crippen LogP contribution in [-0.2, 0) is 27.8 Å². The minimum absolute atomic E-state index is 0.232. The van der Waals surface area contributed by atoms with Crippen molar-refractivity contribution in [3.05, 3.63) is 40.7 Å². The summed E-state index contributed by atoms with van der Waals surface area (Å²) in [6, 6.07) is 5.38. The van der Waals surface area contributed by atoms with Gasteiger partial charge in [0.1, 0.15) is 11.6 Å². The number of thiazole rings is 1. The van der Waals surface area contributed by atoms with Crippen molar-refractivity contribution in [2.75, 3.05) is 18.5 Å². The van der Waals surface area contributed by atoms with Crippen molar-refractivity contribution in [2.45, 2.75) is 32.1 Å². The van der Waals surface area contributed by atoms with Gasteiger partial charge in [-0.15, -0.1) is 11.3 Å². The minimum Gasteiger partial charge on any atom is -0.484 e. The van der Waals surface area contributed by atoms with Gasteiger partial charge < -0.3 is 4.74 Å². The number of hydrogen-bond acceptors (Lipinski definition) is 6. The lowest BCUT2D eigenvalue weighted by molar-refractivity contribution is -0.118. The van der Waals surface area contributed by atoms with Crippen LogP contribution in [-0.4, -0.2) is 42.0 Å². The molecule has 0 bridgehead atoms. The van der Waals surface area contributed by atoms with Gasteiger partial charge in [0.05, 0.1) is 10.9 Å². The maximum Gasteiger partial charge on any atom is 0.264 e. The fraction of sp³-hybridized carbons (Fsp3) is 0.412. The number of rotatable bonds is 6. The lowest BCUT2D eigenvalue weighted by Crippen LogP contribution is -2.39. The second-order valence-electron chi connectivity index (χ2n) is 6.36. The molecular weight excluding hydrogens is 393 g/mol. The highest BCUT2D eigenvalue weighted by molar-refractivity contribution is 7.89. The first-order valence-corrected chi connectivity index (χ1v) is 10.7. The molecule has 1 N–H and O–H groups in total. The molecule has 7 nitrogen and oxygen atoms in total. The monoisotopic (exact) mass is 413 g/mol. The number of amides is 1. The molecule has 0 fully saturated rings. The molecule has 0 atom stereocenters. The zero-order valence-electron chi connectivity index (χ0n) is 14.9. The van der Waals surface area contributed by atoms with Gasteiger partial charge in [-0.05, 0) is 38.1 Å². The second kappa shape index (κ2) is 7.91. The second-order valence-corrected chi connectivity index (χ2v) is 9.93. The van der Waals surface area contributed by atoms with Crippen molar-refractivity contribution in [1.29, 1.82) is 0 Å². The molecule has 0 radical (unpaired) electrons. The highest BCUT2D eigenvalue weighted by atomic mass is 32.2. The Labute approximate surface area is 161 Å². The molecule has 1 aliphatic rings. The standard InChI is InChI=1S/C17H20FN3O4S2/c1-11(2)27(23,24)21-8-7-14-15(9-21)26-17(19-14)20-16(22)10-25-13-5-3-12(18)4-6-13/h3-6,11H,7-10H2,1-2H3,(H,19,20,22). The number of aromatic nitrogens is 1. The fourth-order valence-electron chi connectivity index (χ4n) is 2.58. The van der Waals surface area contributed by atoms with Crippen LogP contribution in [0.2, 0.25) is 0 Å². The molecule has 0 spiro atoms. The number of ether oxygens (including phenoxy) is 1. The van der Waals surface area contributed by atoms with Gasteiger partial charge in [-0.2, -0.15) is 4.31 Å². The van der Waals surface area contributed by atoms with E-state index in [-0.39, 0.29) is 19.0 Å². The number of carbonyl (C=O) groups is 1. The summed E-state index contributed by atoms with van der Waals surface area (Å²) in [6.07, 6.45) is 0.514. The van der Waals surface area contributed by atoms with E-state index in [9.17, 15) is 17.6 Å². The van der Waals surface area contributed by atoms with Crippen LogP contribution in [0.1, 0.15) is 24.4 Å². The molecule has 27 heavy (non-hydrogen) atoms. The fourth-order valence-corrected chi connectivity index (χ4v) is 4.95. The number of sulfonamides is 1. The molecular formula is C17H20FN3O4S2. The Hall–Kier alpha value is -2.04. The topological polar surface area (TPSA) is 88.6 Å². The highest BCUT2D eigenvalue weighted by Gasteiger charge is 2.31. The van der Waals surface area contributed by atoms with Crippen LogP contribution < -0.4 is 10.1 Å². The molecule has 146 valence electrons. The lowest BCUT2D eigenvalue weighted by atomic mass is 10.2. The first kappa shape index (κ1) is 19.7. The third kappa shape index (κ3) is 4.63. The van der Waals surface area contributed by atoms with Gasteiger partial charge in [0.2, 0.25) is 10.0 Å². The molecule has 10 heteroatoms. The molecule has 1 aliphatic heterocycles. The normalized spacial score (nSPS) is 14.8. The van der Waals surface area contributed by atoms with E-state index in [0.717, 1.165) is 10.6 Å². The molecule has 1 aromatic carbocycles. The number of halogens is 1. The van der Waals surface area contributed by atoms with Crippen molar-refractivity contribution in [2.24, 2.45) is 0 Å². The molecule has 1 amide bonds. The molecule has 0 saturated heterocycles. The van der Waals surface area contributed by atoms with Gasteiger partial charge >= 0.3 is 0 Å². The van der Waals surface area contributed by atoms with Crippen molar-refractivity contribution >= 4 is 32.4 Å². The number of benzene rings is 1. The van der Waals surface area contributed by atoms with Gasteiger partial charge in [0.25, 0.3) is 5.91 Å². The average molecular weight is 413 g/mol. The molecule has 2 aromatic rings. The number of carbonyl (C=O) groups excluding carboxylic acids is 1. The largest absolute Gasteiger partial charge is 0.484 e. The zero-order chi connectivity index (χ0) is 19.6. The van der Waals surface area contributed by atoms with Gasteiger partial charge in [-0.25, -0.2) is 17.8 Å². The van der Waals surface area contributed by atoms with E-state index >= 15 is 0 Å². The van der Waals surface area contributed by atoms with Crippen molar-refractivity contribution in [1.82, 2.24) is 9.29 Å². The minimum atomic E-state index is -3.32. The summed E-state index contributed by atoms with van der Waals surface area (Å²) < 4.78 is 44.2. The van der Waals surface area contributed by atoms with Gasteiger partial charge in [0.15, 0.2) is 11.7 Å². The summed E-state index contributed by atoms with van der Waals surface area (Å²) >= 11 is 1.26. The Morgan fingerprint density at radius 1 is 1.37 bits per heavy atom. The molecule has 0 saturated carbocycles. The number of anilines is 1. The SMILES string of the molecule is CC(C)S(=O)(=O)N1CCc2nc(NC(=O)COc3ccc(F)cc3)sc2C1. The smallest absolute Gasteiger partial charge is 0.264 e. The van der Waals surface area contributed by atoms with E-state index in [1.807, 2.05) is 0 Å². The maximum atomic E-state index is 12.8. The predicted octanol–water partition coefficient (Wildman–Crippen LogP) is 2.40. The molecule has 1 aromatic heterocycles. The first-order chi connectivity index (χ1) is 12.8. The van der Waals surface area contributed by atoms with Gasteiger partial charge in [0, 0.05) is 24.4 Å². The van der Waals surface area contributed by atoms with Crippen molar-refractivity contribution < 1.29 is 22.3 Å². The van der Waals surface area contributed by atoms with Gasteiger partial charge in [-0.3, -0.25) is 10.1 Å². The van der Waals surface area contributed by atoms with E-state index < -0.39 is 21.2 Å². The molecule has 3 rings (SSSR count). The summed E-state index contributed by atoms with van der Waals surface area (Å²) in [5.74, 6) is -0.384. The third-order valence-electron chi connectivity index (χ3n) is 4.08. The molecule has 2 heterocycles. The Bertz CT molecular complexity index is 926. The maximum absolute atomic E-state index is 12.8. The van der Waals surface area contributed by atoms with E-state index in [4.69, 9.17) is 4.74 Å². The van der Waals surface area contributed by atoms with Gasteiger partial charge in [-0.1, -0.05) is 0 Å². The number of hydrogen-bond donors (Lipinski definition) is 1. The van der Waals surface area contributed by atoms with E-state index in [1.165, 1.54) is 39.9 Å². The van der Waals surface area contributed by atoms with E-state index in [1.54, 1.807) is 13.8 Å². The summed E-state index contributed by atoms with van der Waals surface area (Å²) in [5, 5.41) is 2.59. The summed E-state index contributed by atoms with van der Waals surface area (Å²) in [4.78, 5) is 17.2. The summed E-state index contributed by atoms with van der Waals surface area (Å²) in [5.41, 5.74) is 0.810. The van der Waals surface area contributed by atoms with E-state index in [0.29, 0.717) is 23.8 Å². The predicted molar refractivity (Wildman–Crippen MR) is 101 cm³/mol. The number of fused-ring (bicyclic) bond motifs is 1. The van der Waals surface area contributed by atoms with Crippen LogP contribution >= 0.6 is 11.3 Å². The van der Waals surface area contributed by atoms with Crippen molar-refractivity contribution in [3.8, 4) is 5.75 Å². The summed E-state index contributed by atoms with van der Waals surface area (Å²) in [7, 11) is -3.32. The molecule has 0 unspecified atom stereocenters. The van der Waals surface area contributed by atoms with Crippen LogP contribution in [0.3, 0.4) is 0 Å². The number of nitrogens with one attached hydrogen (secondary N) is 1. The van der Waals surface area contributed by atoms with Crippen LogP contribution in [0.25, 0.3) is 0 Å². The van der Waals surface area contributed by atoms with Crippen LogP contribution in [0.4, 0.5) is 9.52 Å². The van der Waals surface area contributed by atoms with Crippen LogP contribution in [0.5, 0.6) is 5.75 Å². The average Bonchev–Trinajstić information content (AvgIpc) is 3.02. The van der Waals surface area contributed by atoms with E-state index in [2.05, 4.69) is 10.3 Å². The van der Waals surface area contributed by atoms with Crippen LogP contribution in [0.15, 0.2) is 24.3 Å². The first-order valence-electron chi connectivity index (χ1n) is 8.41. The number of nitrogens with zero attached hydrogens (tertiary/aromatic N) is 2. The van der Waals surface area contributed by atoms with Crippen molar-refractivity contribution in [3.63, 3.8) is 0 Å². The Morgan fingerprint density at radius 2 is 2.07 bits per heavy atom. The Balaban J connectivity index is 1.59. The lowest BCUT2D eigenvalue weighted by Gasteiger charge is -2.26.